The van der Waals surface area contributed by atoms with Crippen molar-refractivity contribution in [2.24, 2.45) is 10.3 Å². The standard InChI is InChI=1S/C10H12N2O2/c1-8(12-14-2)10-6-4-3-5-9(10)7-11-13/h3-7,13H,1-2H3. The van der Waals surface area contributed by atoms with Crippen LogP contribution in [-0.4, -0.2) is 24.2 Å². The third-order valence-corrected chi connectivity index (χ3v) is 1.78. The Bertz CT molecular complexity index is 359. The first kappa shape index (κ1) is 10.2. The molecule has 0 atom stereocenters. The topological polar surface area (TPSA) is 54.2 Å². The summed E-state index contributed by atoms with van der Waals surface area (Å²) in [5, 5.41) is 15.3. The Morgan fingerprint density at radius 3 is 2.79 bits per heavy atom. The predicted molar refractivity (Wildman–Crippen MR) is 55.0 cm³/mol. The van der Waals surface area contributed by atoms with Crippen LogP contribution in [-0.2, 0) is 4.84 Å². The third kappa shape index (κ3) is 2.32. The molecule has 4 nitrogen and oxygen atoms in total. The predicted octanol–water partition coefficient (Wildman–Crippen LogP) is 1.87. The van der Waals surface area contributed by atoms with Gasteiger partial charge in [0.15, 0.2) is 0 Å². The van der Waals surface area contributed by atoms with Crippen LogP contribution in [0.15, 0.2) is 34.6 Å². The Kier molecular flexibility index (Phi) is 3.67. The molecule has 0 bridgehead atoms. The number of hydrogen-bond donors (Lipinski definition) is 1. The zero-order valence-corrected chi connectivity index (χ0v) is 8.14. The molecule has 0 unspecified atom stereocenters. The first-order valence-corrected chi connectivity index (χ1v) is 4.14. The van der Waals surface area contributed by atoms with E-state index in [4.69, 9.17) is 5.21 Å². The van der Waals surface area contributed by atoms with Gasteiger partial charge in [0.25, 0.3) is 0 Å². The molecule has 0 fully saturated rings. The Labute approximate surface area is 82.5 Å². The second-order valence-electron chi connectivity index (χ2n) is 2.69. The zero-order valence-electron chi connectivity index (χ0n) is 8.14. The smallest absolute Gasteiger partial charge is 0.106 e. The lowest BCUT2D eigenvalue weighted by Crippen LogP contribution is -2.00. The van der Waals surface area contributed by atoms with E-state index in [0.29, 0.717) is 0 Å². The molecule has 0 aromatic heterocycles. The summed E-state index contributed by atoms with van der Waals surface area (Å²) < 4.78 is 0. The second-order valence-corrected chi connectivity index (χ2v) is 2.69. The monoisotopic (exact) mass is 192 g/mol. The van der Waals surface area contributed by atoms with E-state index in [1.165, 1.54) is 13.3 Å². The van der Waals surface area contributed by atoms with Crippen LogP contribution < -0.4 is 0 Å². The van der Waals surface area contributed by atoms with Crippen molar-refractivity contribution in [1.82, 2.24) is 0 Å². The van der Waals surface area contributed by atoms with Gasteiger partial charge in [-0.3, -0.25) is 0 Å². The quantitative estimate of drug-likeness (QED) is 0.451. The Morgan fingerprint density at radius 2 is 2.14 bits per heavy atom. The van der Waals surface area contributed by atoms with Gasteiger partial charge in [0.2, 0.25) is 0 Å². The summed E-state index contributed by atoms with van der Waals surface area (Å²) in [5.74, 6) is 0. The maximum atomic E-state index is 8.45. The average Bonchev–Trinajstić information content (AvgIpc) is 2.19. The van der Waals surface area contributed by atoms with Gasteiger partial charge in [-0.1, -0.05) is 34.6 Å². The number of hydrogen-bond acceptors (Lipinski definition) is 4. The van der Waals surface area contributed by atoms with Gasteiger partial charge in [-0.25, -0.2) is 0 Å². The molecular formula is C10H12N2O2. The molecule has 0 saturated carbocycles. The maximum absolute atomic E-state index is 8.45. The fourth-order valence-corrected chi connectivity index (χ4v) is 1.19. The molecular weight excluding hydrogens is 180 g/mol. The largest absolute Gasteiger partial charge is 0.411 e. The lowest BCUT2D eigenvalue weighted by molar-refractivity contribution is 0.213. The minimum atomic E-state index is 0.739. The minimum absolute atomic E-state index is 0.739. The van der Waals surface area contributed by atoms with Crippen LogP contribution in [0.5, 0.6) is 0 Å². The lowest BCUT2D eigenvalue weighted by atomic mass is 10.1. The van der Waals surface area contributed by atoms with Crippen molar-refractivity contribution in [1.29, 1.82) is 0 Å². The molecule has 1 aromatic rings. The normalized spacial score (nSPS) is 12.0. The van der Waals surface area contributed by atoms with Gasteiger partial charge in [0.05, 0.1) is 11.9 Å². The maximum Gasteiger partial charge on any atom is 0.106 e. The van der Waals surface area contributed by atoms with Crippen molar-refractivity contribution in [2.45, 2.75) is 6.92 Å². The minimum Gasteiger partial charge on any atom is -0.411 e. The summed E-state index contributed by atoms with van der Waals surface area (Å²) in [4.78, 5) is 4.67. The van der Waals surface area contributed by atoms with E-state index in [1.54, 1.807) is 0 Å². The summed E-state index contributed by atoms with van der Waals surface area (Å²) in [5.41, 5.74) is 2.42. The zero-order chi connectivity index (χ0) is 10.4. The van der Waals surface area contributed by atoms with Crippen molar-refractivity contribution in [3.8, 4) is 0 Å². The van der Waals surface area contributed by atoms with Crippen LogP contribution in [0.1, 0.15) is 18.1 Å². The SMILES string of the molecule is CON=C(C)c1ccccc1C=NO. The first-order chi connectivity index (χ1) is 6.79. The van der Waals surface area contributed by atoms with Crippen molar-refractivity contribution in [3.63, 3.8) is 0 Å². The van der Waals surface area contributed by atoms with Gasteiger partial charge in [-0.15, -0.1) is 0 Å². The van der Waals surface area contributed by atoms with Gasteiger partial charge in [-0.05, 0) is 6.92 Å². The Morgan fingerprint density at radius 1 is 1.43 bits per heavy atom. The summed E-state index contributed by atoms with van der Waals surface area (Å²) >= 11 is 0. The van der Waals surface area contributed by atoms with Crippen LogP contribution in [0.3, 0.4) is 0 Å². The molecule has 0 aliphatic rings. The fraction of sp³-hybridized carbons (Fsp3) is 0.200. The number of nitrogens with zero attached hydrogens (tertiary/aromatic N) is 2. The number of oxime groups is 2. The Balaban J connectivity index is 3.13. The van der Waals surface area contributed by atoms with Gasteiger partial charge in [0, 0.05) is 11.1 Å². The molecule has 0 amide bonds. The molecule has 0 radical (unpaired) electrons. The highest BCUT2D eigenvalue weighted by Gasteiger charge is 2.02. The molecule has 74 valence electrons. The van der Waals surface area contributed by atoms with Crippen molar-refractivity contribution < 1.29 is 10.0 Å². The van der Waals surface area contributed by atoms with E-state index in [-0.39, 0.29) is 0 Å². The van der Waals surface area contributed by atoms with Gasteiger partial charge < -0.3 is 10.0 Å². The van der Waals surface area contributed by atoms with Gasteiger partial charge >= 0.3 is 0 Å². The molecule has 1 N–H and O–H groups in total. The van der Waals surface area contributed by atoms with E-state index in [0.717, 1.165) is 16.8 Å². The molecule has 0 saturated heterocycles. The molecule has 1 rings (SSSR count). The van der Waals surface area contributed by atoms with Gasteiger partial charge in [0.1, 0.15) is 7.11 Å². The number of benzene rings is 1. The second kappa shape index (κ2) is 5.01. The van der Waals surface area contributed by atoms with Crippen LogP contribution in [0.2, 0.25) is 0 Å². The average molecular weight is 192 g/mol. The van der Waals surface area contributed by atoms with E-state index < -0.39 is 0 Å². The molecule has 14 heavy (non-hydrogen) atoms. The summed E-state index contributed by atoms with van der Waals surface area (Å²) in [6.45, 7) is 1.83. The van der Waals surface area contributed by atoms with Crippen molar-refractivity contribution in [2.75, 3.05) is 7.11 Å². The summed E-state index contributed by atoms with van der Waals surface area (Å²) in [6.07, 6.45) is 1.37. The molecule has 0 heterocycles. The molecule has 0 spiro atoms. The van der Waals surface area contributed by atoms with Crippen LogP contribution in [0.4, 0.5) is 0 Å². The molecule has 0 aliphatic carbocycles. The molecule has 4 heteroatoms. The summed E-state index contributed by atoms with van der Waals surface area (Å²) in [7, 11) is 1.49. The van der Waals surface area contributed by atoms with Gasteiger partial charge in [-0.2, -0.15) is 0 Å². The lowest BCUT2D eigenvalue weighted by Gasteiger charge is -2.03. The van der Waals surface area contributed by atoms with Crippen molar-refractivity contribution in [3.05, 3.63) is 35.4 Å². The Hall–Kier alpha value is -1.84. The molecule has 1 aromatic carbocycles. The highest BCUT2D eigenvalue weighted by atomic mass is 16.6. The fourth-order valence-electron chi connectivity index (χ4n) is 1.19. The van der Waals surface area contributed by atoms with E-state index >= 15 is 0 Å². The highest BCUT2D eigenvalue weighted by Crippen LogP contribution is 2.08. The first-order valence-electron chi connectivity index (χ1n) is 4.14. The van der Waals surface area contributed by atoms with Crippen molar-refractivity contribution >= 4 is 11.9 Å². The van der Waals surface area contributed by atoms with Crippen LogP contribution in [0.25, 0.3) is 0 Å². The van der Waals surface area contributed by atoms with Crippen LogP contribution >= 0.6 is 0 Å². The molecule has 0 aliphatic heterocycles. The van der Waals surface area contributed by atoms with E-state index in [2.05, 4.69) is 15.1 Å². The third-order valence-electron chi connectivity index (χ3n) is 1.78. The van der Waals surface area contributed by atoms with E-state index in [9.17, 15) is 0 Å². The highest BCUT2D eigenvalue weighted by molar-refractivity contribution is 6.05. The van der Waals surface area contributed by atoms with E-state index in [1.807, 2.05) is 31.2 Å². The van der Waals surface area contributed by atoms with Crippen LogP contribution in [0, 0.1) is 0 Å². The summed E-state index contributed by atoms with van der Waals surface area (Å²) in [6, 6.07) is 7.47. The number of rotatable bonds is 3.